The summed E-state index contributed by atoms with van der Waals surface area (Å²) >= 11 is 0. The maximum atomic E-state index is 5.74. The van der Waals surface area contributed by atoms with Crippen LogP contribution < -0.4 is 9.47 Å². The summed E-state index contributed by atoms with van der Waals surface area (Å²) in [5.74, 6) is 2.07. The molecule has 2 heteroatoms. The van der Waals surface area contributed by atoms with Crippen molar-refractivity contribution in [3.8, 4) is 11.5 Å². The average molecular weight is 379 g/mol. The third kappa shape index (κ3) is 6.02. The van der Waals surface area contributed by atoms with Crippen molar-refractivity contribution in [3.05, 3.63) is 82.5 Å². The van der Waals surface area contributed by atoms with Gasteiger partial charge in [-0.15, -0.1) is 0 Å². The molecule has 0 aliphatic heterocycles. The van der Waals surface area contributed by atoms with E-state index in [0.717, 1.165) is 36.3 Å². The van der Waals surface area contributed by atoms with Gasteiger partial charge in [0.2, 0.25) is 0 Å². The van der Waals surface area contributed by atoms with Crippen LogP contribution in [0, 0.1) is 0 Å². The number of ether oxygens (including phenoxy) is 2. The second kappa shape index (κ2) is 10.8. The molecule has 0 fully saturated rings. The molecule has 1 unspecified atom stereocenters. The lowest BCUT2D eigenvalue weighted by molar-refractivity contribution is 0.386. The highest BCUT2D eigenvalue weighted by Crippen LogP contribution is 2.36. The van der Waals surface area contributed by atoms with Gasteiger partial charge in [-0.1, -0.05) is 60.6 Å². The molecule has 2 rings (SSSR count). The van der Waals surface area contributed by atoms with Gasteiger partial charge in [-0.3, -0.25) is 0 Å². The van der Waals surface area contributed by atoms with Gasteiger partial charge in [0.25, 0.3) is 0 Å². The van der Waals surface area contributed by atoms with Gasteiger partial charge in [0.1, 0.15) is 11.5 Å². The van der Waals surface area contributed by atoms with Gasteiger partial charge in [0, 0.05) is 11.5 Å². The standard InChI is InChI=1S/C26H34O2/c1-19(2)11-10-12-20(3)15-16-24-25(27-5)17-23(18-26(24)28-6)21(4)22-13-8-7-9-14-22/h7-9,11,13-15,17-18,21H,10,12,16H2,1-6H3. The van der Waals surface area contributed by atoms with E-state index < -0.39 is 0 Å². The number of rotatable bonds is 9. The van der Waals surface area contributed by atoms with Crippen LogP contribution in [0.15, 0.2) is 65.8 Å². The highest BCUT2D eigenvalue weighted by atomic mass is 16.5. The Hall–Kier alpha value is -2.48. The molecular weight excluding hydrogens is 344 g/mol. The SMILES string of the molecule is COc1cc(C(C)c2ccccc2)cc(OC)c1CC=C(C)CCC=C(C)C. The lowest BCUT2D eigenvalue weighted by atomic mass is 9.91. The minimum absolute atomic E-state index is 0.277. The number of benzene rings is 2. The van der Waals surface area contributed by atoms with Crippen molar-refractivity contribution in [1.29, 1.82) is 0 Å². The maximum Gasteiger partial charge on any atom is 0.126 e. The molecule has 1 atom stereocenters. The number of allylic oxidation sites excluding steroid dienone is 4. The summed E-state index contributed by atoms with van der Waals surface area (Å²) < 4.78 is 11.5. The van der Waals surface area contributed by atoms with E-state index >= 15 is 0 Å². The topological polar surface area (TPSA) is 18.5 Å². The summed E-state index contributed by atoms with van der Waals surface area (Å²) in [5, 5.41) is 0. The predicted octanol–water partition coefficient (Wildman–Crippen LogP) is 7.09. The summed E-state index contributed by atoms with van der Waals surface area (Å²) in [6.45, 7) is 8.71. The van der Waals surface area contributed by atoms with Gasteiger partial charge >= 0.3 is 0 Å². The van der Waals surface area contributed by atoms with Crippen LogP contribution in [0.2, 0.25) is 0 Å². The summed E-state index contributed by atoms with van der Waals surface area (Å²) in [4.78, 5) is 0. The fourth-order valence-electron chi connectivity index (χ4n) is 3.36. The van der Waals surface area contributed by atoms with E-state index in [1.54, 1.807) is 14.2 Å². The normalized spacial score (nSPS) is 12.4. The van der Waals surface area contributed by atoms with Crippen molar-refractivity contribution in [2.45, 2.75) is 52.9 Å². The Morgan fingerprint density at radius 2 is 1.50 bits per heavy atom. The zero-order chi connectivity index (χ0) is 20.5. The number of methoxy groups -OCH3 is 2. The smallest absolute Gasteiger partial charge is 0.126 e. The first-order chi connectivity index (χ1) is 13.5. The van der Waals surface area contributed by atoms with Crippen LogP contribution in [0.1, 0.15) is 63.1 Å². The van der Waals surface area contributed by atoms with Crippen molar-refractivity contribution in [2.24, 2.45) is 0 Å². The van der Waals surface area contributed by atoms with Crippen molar-refractivity contribution in [2.75, 3.05) is 14.2 Å². The van der Waals surface area contributed by atoms with Gasteiger partial charge < -0.3 is 9.47 Å². The Bertz CT molecular complexity index is 787. The Labute approximate surface area is 170 Å². The van der Waals surface area contributed by atoms with Crippen LogP contribution in [0.4, 0.5) is 0 Å². The molecular formula is C26H34O2. The molecule has 2 aromatic rings. The number of hydrogen-bond donors (Lipinski definition) is 0. The van der Waals surface area contributed by atoms with E-state index in [4.69, 9.17) is 9.47 Å². The minimum atomic E-state index is 0.277. The van der Waals surface area contributed by atoms with Gasteiger partial charge in [0.15, 0.2) is 0 Å². The molecule has 0 saturated carbocycles. The first-order valence-electron chi connectivity index (χ1n) is 10.0. The van der Waals surface area contributed by atoms with E-state index in [0.29, 0.717) is 0 Å². The molecule has 28 heavy (non-hydrogen) atoms. The van der Waals surface area contributed by atoms with Gasteiger partial charge in [-0.2, -0.15) is 0 Å². The Kier molecular flexibility index (Phi) is 8.38. The van der Waals surface area contributed by atoms with Gasteiger partial charge in [0.05, 0.1) is 14.2 Å². The molecule has 0 amide bonds. The number of hydrogen-bond acceptors (Lipinski definition) is 2. The lowest BCUT2D eigenvalue weighted by Gasteiger charge is -2.18. The largest absolute Gasteiger partial charge is 0.496 e. The zero-order valence-electron chi connectivity index (χ0n) is 18.2. The predicted molar refractivity (Wildman–Crippen MR) is 120 cm³/mol. The van der Waals surface area contributed by atoms with Crippen molar-refractivity contribution < 1.29 is 9.47 Å². The fourth-order valence-corrected chi connectivity index (χ4v) is 3.36. The van der Waals surface area contributed by atoms with Crippen LogP contribution in [-0.4, -0.2) is 14.2 Å². The molecule has 0 saturated heterocycles. The molecule has 0 spiro atoms. The summed E-state index contributed by atoms with van der Waals surface area (Å²) in [6.07, 6.45) is 7.57. The minimum Gasteiger partial charge on any atom is -0.496 e. The maximum absolute atomic E-state index is 5.74. The second-order valence-corrected chi connectivity index (χ2v) is 7.61. The third-order valence-electron chi connectivity index (χ3n) is 5.18. The van der Waals surface area contributed by atoms with Crippen molar-refractivity contribution in [1.82, 2.24) is 0 Å². The van der Waals surface area contributed by atoms with Gasteiger partial charge in [-0.25, -0.2) is 0 Å². The Morgan fingerprint density at radius 3 is 2.04 bits per heavy atom. The van der Waals surface area contributed by atoms with Crippen LogP contribution >= 0.6 is 0 Å². The average Bonchev–Trinajstić information content (AvgIpc) is 2.71. The highest BCUT2D eigenvalue weighted by molar-refractivity contribution is 5.51. The summed E-state index contributed by atoms with van der Waals surface area (Å²) in [6, 6.07) is 14.8. The molecule has 0 N–H and O–H groups in total. The molecule has 0 bridgehead atoms. The Morgan fingerprint density at radius 1 is 0.893 bits per heavy atom. The van der Waals surface area contributed by atoms with Crippen LogP contribution in [0.3, 0.4) is 0 Å². The molecule has 0 heterocycles. The Balaban J connectivity index is 2.26. The second-order valence-electron chi connectivity index (χ2n) is 7.61. The molecule has 0 aliphatic rings. The third-order valence-corrected chi connectivity index (χ3v) is 5.18. The van der Waals surface area contributed by atoms with Gasteiger partial charge in [-0.05, 0) is 63.3 Å². The van der Waals surface area contributed by atoms with Crippen LogP contribution in [0.5, 0.6) is 11.5 Å². The van der Waals surface area contributed by atoms with Crippen molar-refractivity contribution in [3.63, 3.8) is 0 Å². The first-order valence-corrected chi connectivity index (χ1v) is 10.0. The molecule has 150 valence electrons. The molecule has 2 nitrogen and oxygen atoms in total. The van der Waals surface area contributed by atoms with E-state index in [-0.39, 0.29) is 5.92 Å². The zero-order valence-corrected chi connectivity index (χ0v) is 18.2. The lowest BCUT2D eigenvalue weighted by Crippen LogP contribution is -2.02. The molecule has 2 aromatic carbocycles. The van der Waals surface area contributed by atoms with Crippen molar-refractivity contribution >= 4 is 0 Å². The fraction of sp³-hybridized carbons (Fsp3) is 0.385. The summed E-state index contributed by atoms with van der Waals surface area (Å²) in [5.41, 5.74) is 6.36. The molecule has 0 aliphatic carbocycles. The first kappa shape index (κ1) is 21.8. The van der Waals surface area contributed by atoms with E-state index in [9.17, 15) is 0 Å². The van der Waals surface area contributed by atoms with E-state index in [1.807, 2.05) is 6.07 Å². The quantitative estimate of drug-likeness (QED) is 0.434. The monoisotopic (exact) mass is 378 g/mol. The highest BCUT2D eigenvalue weighted by Gasteiger charge is 2.16. The molecule has 0 aromatic heterocycles. The van der Waals surface area contributed by atoms with Crippen LogP contribution in [-0.2, 0) is 6.42 Å². The van der Waals surface area contributed by atoms with E-state index in [1.165, 1.54) is 22.3 Å². The summed E-state index contributed by atoms with van der Waals surface area (Å²) in [7, 11) is 3.47. The van der Waals surface area contributed by atoms with Crippen LogP contribution in [0.25, 0.3) is 0 Å². The van der Waals surface area contributed by atoms with E-state index in [2.05, 4.69) is 76.2 Å². The molecule has 0 radical (unpaired) electrons.